The maximum Gasteiger partial charge on any atom is 0.252 e. The van der Waals surface area contributed by atoms with Gasteiger partial charge < -0.3 is 15.2 Å². The number of hydrogen-bond donors (Lipinski definition) is 2. The van der Waals surface area contributed by atoms with Gasteiger partial charge in [0.1, 0.15) is 11.6 Å². The smallest absolute Gasteiger partial charge is 0.252 e. The molecule has 1 heterocycles. The minimum atomic E-state index is -0.0841. The van der Waals surface area contributed by atoms with Crippen molar-refractivity contribution >= 4 is 5.82 Å². The van der Waals surface area contributed by atoms with Crippen molar-refractivity contribution in [1.29, 1.82) is 0 Å². The van der Waals surface area contributed by atoms with Crippen LogP contribution in [-0.4, -0.2) is 37.2 Å². The second kappa shape index (κ2) is 6.39. The summed E-state index contributed by atoms with van der Waals surface area (Å²) in [6, 6.07) is 1.55. The summed E-state index contributed by atoms with van der Waals surface area (Å²) in [5.41, 5.74) is -0.0841. The molecule has 0 aliphatic rings. The van der Waals surface area contributed by atoms with Crippen LogP contribution >= 0.6 is 0 Å². The maximum atomic E-state index is 11.5. The second-order valence-electron chi connectivity index (χ2n) is 4.52. The van der Waals surface area contributed by atoms with Crippen LogP contribution in [0.4, 0.5) is 5.82 Å². The molecule has 0 aromatic carbocycles. The van der Waals surface area contributed by atoms with Crippen molar-refractivity contribution in [2.45, 2.75) is 26.2 Å². The predicted octanol–water partition coefficient (Wildman–Crippen LogP) is 0.939. The number of rotatable bonds is 6. The van der Waals surface area contributed by atoms with Crippen LogP contribution < -0.4 is 15.8 Å². The van der Waals surface area contributed by atoms with Gasteiger partial charge in [0, 0.05) is 25.6 Å². The summed E-state index contributed by atoms with van der Waals surface area (Å²) in [7, 11) is 3.89. The summed E-state index contributed by atoms with van der Waals surface area (Å²) >= 11 is 0. The first kappa shape index (κ1) is 13.7. The lowest BCUT2D eigenvalue weighted by Crippen LogP contribution is -2.25. The van der Waals surface area contributed by atoms with Crippen LogP contribution in [0.1, 0.15) is 32.0 Å². The largest absolute Gasteiger partial charge is 0.359 e. The molecule has 5 heteroatoms. The van der Waals surface area contributed by atoms with E-state index in [1.54, 1.807) is 6.07 Å². The van der Waals surface area contributed by atoms with Crippen molar-refractivity contribution in [2.24, 2.45) is 0 Å². The third kappa shape index (κ3) is 4.19. The lowest BCUT2D eigenvalue weighted by Gasteiger charge is -2.18. The molecule has 0 saturated carbocycles. The molecule has 0 bridgehead atoms. The molecule has 1 aromatic rings. The number of nitrogens with zero attached hydrogens (tertiary/aromatic N) is 2. The fraction of sp³-hybridized carbons (Fsp3) is 0.667. The highest BCUT2D eigenvalue weighted by Gasteiger charge is 2.08. The highest BCUT2D eigenvalue weighted by atomic mass is 16.1. The molecule has 2 N–H and O–H groups in total. The van der Waals surface area contributed by atoms with Crippen LogP contribution in [-0.2, 0) is 0 Å². The van der Waals surface area contributed by atoms with Crippen molar-refractivity contribution in [2.75, 3.05) is 32.1 Å². The molecule has 1 aromatic heterocycles. The molecule has 17 heavy (non-hydrogen) atoms. The number of aromatic amines is 1. The van der Waals surface area contributed by atoms with E-state index in [0.717, 1.165) is 31.2 Å². The zero-order chi connectivity index (χ0) is 12.8. The summed E-state index contributed by atoms with van der Waals surface area (Å²) in [6.07, 6.45) is 1.03. The topological polar surface area (TPSA) is 61.0 Å². The van der Waals surface area contributed by atoms with E-state index in [1.165, 1.54) is 0 Å². The fourth-order valence-corrected chi connectivity index (χ4v) is 1.54. The Morgan fingerprint density at radius 3 is 2.82 bits per heavy atom. The van der Waals surface area contributed by atoms with Crippen LogP contribution in [0, 0.1) is 0 Å². The number of nitrogens with one attached hydrogen (secondary N) is 2. The number of aromatic nitrogens is 2. The van der Waals surface area contributed by atoms with Gasteiger partial charge in [-0.2, -0.15) is 0 Å². The summed E-state index contributed by atoms with van der Waals surface area (Å²) in [5.74, 6) is 1.72. The minimum Gasteiger partial charge on any atom is -0.359 e. The predicted molar refractivity (Wildman–Crippen MR) is 70.8 cm³/mol. The van der Waals surface area contributed by atoms with E-state index in [0.29, 0.717) is 0 Å². The molecule has 96 valence electrons. The van der Waals surface area contributed by atoms with Crippen molar-refractivity contribution in [1.82, 2.24) is 15.3 Å². The molecule has 0 radical (unpaired) electrons. The number of H-pyrrole nitrogens is 1. The van der Waals surface area contributed by atoms with Crippen molar-refractivity contribution in [3.05, 3.63) is 22.2 Å². The Morgan fingerprint density at radius 1 is 1.53 bits per heavy atom. The van der Waals surface area contributed by atoms with Crippen LogP contribution in [0.5, 0.6) is 0 Å². The normalized spacial score (nSPS) is 10.9. The maximum absolute atomic E-state index is 11.5. The van der Waals surface area contributed by atoms with Gasteiger partial charge in [0.2, 0.25) is 0 Å². The molecular formula is C12H22N4O. The third-order valence-electron chi connectivity index (χ3n) is 2.60. The summed E-state index contributed by atoms with van der Waals surface area (Å²) in [4.78, 5) is 20.8. The Hall–Kier alpha value is -1.36. The Bertz CT molecular complexity index is 400. The molecular weight excluding hydrogens is 216 g/mol. The number of hydrogen-bond acceptors (Lipinski definition) is 4. The van der Waals surface area contributed by atoms with Crippen molar-refractivity contribution in [3.8, 4) is 0 Å². The summed E-state index contributed by atoms with van der Waals surface area (Å²) in [6.45, 7) is 5.88. The van der Waals surface area contributed by atoms with E-state index >= 15 is 0 Å². The van der Waals surface area contributed by atoms with Crippen LogP contribution in [0.2, 0.25) is 0 Å². The first-order chi connectivity index (χ1) is 8.04. The van der Waals surface area contributed by atoms with Gasteiger partial charge in [-0.15, -0.1) is 0 Å². The van der Waals surface area contributed by atoms with E-state index in [-0.39, 0.29) is 11.5 Å². The molecule has 5 nitrogen and oxygen atoms in total. The molecule has 0 spiro atoms. The lowest BCUT2D eigenvalue weighted by atomic mass is 10.2. The molecule has 0 atom stereocenters. The standard InChI is InChI=1S/C12H22N4O/c1-9(2)12-14-10(8-11(17)15-12)16(4)7-5-6-13-3/h8-9,13H,5-7H2,1-4H3,(H,14,15,17). The highest BCUT2D eigenvalue weighted by Crippen LogP contribution is 2.11. The van der Waals surface area contributed by atoms with Gasteiger partial charge in [0.05, 0.1) is 0 Å². The minimum absolute atomic E-state index is 0.0841. The zero-order valence-corrected chi connectivity index (χ0v) is 11.1. The Balaban J connectivity index is 2.79. The average Bonchev–Trinajstić information content (AvgIpc) is 2.28. The molecule has 0 unspecified atom stereocenters. The van der Waals surface area contributed by atoms with Crippen LogP contribution in [0.15, 0.2) is 10.9 Å². The molecule has 0 aliphatic heterocycles. The summed E-state index contributed by atoms with van der Waals surface area (Å²) in [5, 5.41) is 3.10. The summed E-state index contributed by atoms with van der Waals surface area (Å²) < 4.78 is 0. The first-order valence-electron chi connectivity index (χ1n) is 6.01. The van der Waals surface area contributed by atoms with Crippen molar-refractivity contribution in [3.63, 3.8) is 0 Å². The lowest BCUT2D eigenvalue weighted by molar-refractivity contribution is 0.701. The van der Waals surface area contributed by atoms with Gasteiger partial charge >= 0.3 is 0 Å². The van der Waals surface area contributed by atoms with E-state index in [4.69, 9.17) is 0 Å². The van der Waals surface area contributed by atoms with Gasteiger partial charge in [-0.25, -0.2) is 4.98 Å². The molecule has 1 rings (SSSR count). The van der Waals surface area contributed by atoms with Gasteiger partial charge in [-0.05, 0) is 20.0 Å². The monoisotopic (exact) mass is 238 g/mol. The molecule has 0 saturated heterocycles. The second-order valence-corrected chi connectivity index (χ2v) is 4.52. The quantitative estimate of drug-likeness (QED) is 0.724. The molecule has 0 amide bonds. The van der Waals surface area contributed by atoms with E-state index in [9.17, 15) is 4.79 Å². The average molecular weight is 238 g/mol. The van der Waals surface area contributed by atoms with Crippen LogP contribution in [0.25, 0.3) is 0 Å². The molecule has 0 fully saturated rings. The van der Waals surface area contributed by atoms with Gasteiger partial charge in [-0.3, -0.25) is 4.79 Å². The van der Waals surface area contributed by atoms with E-state index < -0.39 is 0 Å². The van der Waals surface area contributed by atoms with E-state index in [1.807, 2.05) is 32.8 Å². The third-order valence-corrected chi connectivity index (χ3v) is 2.60. The SMILES string of the molecule is CNCCCN(C)c1cc(=O)[nH]c(C(C)C)n1. The van der Waals surface area contributed by atoms with Crippen LogP contribution in [0.3, 0.4) is 0 Å². The van der Waals surface area contributed by atoms with Gasteiger partial charge in [0.25, 0.3) is 5.56 Å². The highest BCUT2D eigenvalue weighted by molar-refractivity contribution is 5.36. The Labute approximate surface area is 102 Å². The van der Waals surface area contributed by atoms with Gasteiger partial charge in [0.15, 0.2) is 0 Å². The fourth-order valence-electron chi connectivity index (χ4n) is 1.54. The number of anilines is 1. The molecule has 0 aliphatic carbocycles. The Kier molecular flexibility index (Phi) is 5.15. The van der Waals surface area contributed by atoms with Crippen molar-refractivity contribution < 1.29 is 0 Å². The first-order valence-corrected chi connectivity index (χ1v) is 6.01. The zero-order valence-electron chi connectivity index (χ0n) is 11.1. The Morgan fingerprint density at radius 2 is 2.24 bits per heavy atom. The van der Waals surface area contributed by atoms with E-state index in [2.05, 4.69) is 15.3 Å². The van der Waals surface area contributed by atoms with Gasteiger partial charge in [-0.1, -0.05) is 13.8 Å².